The number of Topliss-reactive ketones (excluding diaryl/α,β-unsaturated/α-hetero) is 1. The van der Waals surface area contributed by atoms with Crippen LogP contribution in [-0.2, 0) is 25.2 Å². The summed E-state index contributed by atoms with van der Waals surface area (Å²) in [4.78, 5) is 52.5. The fourth-order valence-corrected chi connectivity index (χ4v) is 5.77. The van der Waals surface area contributed by atoms with Crippen molar-refractivity contribution >= 4 is 33.7 Å². The van der Waals surface area contributed by atoms with Crippen LogP contribution in [0.1, 0.15) is 35.3 Å². The first-order valence-corrected chi connectivity index (χ1v) is 13.0. The van der Waals surface area contributed by atoms with Crippen LogP contribution in [0.2, 0.25) is 0 Å². The fraction of sp³-hybridized carbons (Fsp3) is 0.360. The van der Waals surface area contributed by atoms with Gasteiger partial charge in [0.25, 0.3) is 5.91 Å². The highest BCUT2D eigenvalue weighted by Gasteiger charge is 2.49. The van der Waals surface area contributed by atoms with Gasteiger partial charge in [0.05, 0.1) is 4.90 Å². The van der Waals surface area contributed by atoms with Gasteiger partial charge in [0.1, 0.15) is 12.1 Å². The molecule has 0 radical (unpaired) electrons. The Morgan fingerprint density at radius 1 is 0.944 bits per heavy atom. The van der Waals surface area contributed by atoms with E-state index in [4.69, 9.17) is 0 Å². The lowest BCUT2D eigenvalue weighted by Gasteiger charge is -2.34. The Bertz CT molecular complexity index is 1320. The van der Waals surface area contributed by atoms with E-state index in [-0.39, 0.29) is 36.9 Å². The second-order valence-electron chi connectivity index (χ2n) is 9.18. The number of benzene rings is 2. The summed E-state index contributed by atoms with van der Waals surface area (Å²) in [6.45, 7) is 4.90. The van der Waals surface area contributed by atoms with Crippen LogP contribution >= 0.6 is 0 Å². The Hall–Kier alpha value is -3.57. The van der Waals surface area contributed by atoms with Crippen LogP contribution in [0, 0.1) is 6.92 Å². The monoisotopic (exact) mass is 512 g/mol. The van der Waals surface area contributed by atoms with Crippen molar-refractivity contribution < 1.29 is 27.6 Å². The predicted octanol–water partition coefficient (Wildman–Crippen LogP) is 1.50. The number of hydrogen-bond donors (Lipinski definition) is 1. The first kappa shape index (κ1) is 25.5. The predicted molar refractivity (Wildman–Crippen MR) is 131 cm³/mol. The van der Waals surface area contributed by atoms with Crippen LogP contribution < -0.4 is 5.32 Å². The van der Waals surface area contributed by atoms with Gasteiger partial charge < -0.3 is 10.2 Å². The Kier molecular flexibility index (Phi) is 6.72. The molecule has 10 nitrogen and oxygen atoms in total. The van der Waals surface area contributed by atoms with E-state index in [1.807, 2.05) is 19.1 Å². The SMILES string of the molecule is CC(=O)c1ccc(S(=O)(=O)N2CCN(C(=O)CN3C(=O)N[C@](C)(c4ccc(C)cc4)C3=O)CC2)cc1. The Balaban J connectivity index is 1.38. The molecule has 2 aliphatic rings. The first-order chi connectivity index (χ1) is 16.9. The summed E-state index contributed by atoms with van der Waals surface area (Å²) in [6.07, 6.45) is 0. The number of ketones is 1. The van der Waals surface area contributed by atoms with Gasteiger partial charge >= 0.3 is 6.03 Å². The highest BCUT2D eigenvalue weighted by molar-refractivity contribution is 7.89. The average molecular weight is 513 g/mol. The molecule has 0 spiro atoms. The largest absolute Gasteiger partial charge is 0.338 e. The molecule has 2 aromatic rings. The molecule has 36 heavy (non-hydrogen) atoms. The standard InChI is InChI=1S/C25H28N4O6S/c1-17-4-8-20(9-5-17)25(3)23(32)29(24(33)26-25)16-22(31)27-12-14-28(15-13-27)36(34,35)21-10-6-19(7-11-21)18(2)30/h4-11H,12-16H2,1-3H3,(H,26,33)/t25-/m1/s1. The molecule has 4 rings (SSSR count). The molecule has 2 aliphatic heterocycles. The Labute approximate surface area is 209 Å². The molecule has 0 aromatic heterocycles. The topological polar surface area (TPSA) is 124 Å². The summed E-state index contributed by atoms with van der Waals surface area (Å²) in [7, 11) is -3.79. The van der Waals surface area contributed by atoms with Crippen molar-refractivity contribution in [1.82, 2.24) is 19.4 Å². The van der Waals surface area contributed by atoms with Crippen molar-refractivity contribution in [2.24, 2.45) is 0 Å². The zero-order valence-electron chi connectivity index (χ0n) is 20.4. The summed E-state index contributed by atoms with van der Waals surface area (Å²) in [6, 6.07) is 12.3. The number of rotatable bonds is 6. The maximum atomic E-state index is 13.1. The summed E-state index contributed by atoms with van der Waals surface area (Å²) in [5.41, 5.74) is 0.788. The van der Waals surface area contributed by atoms with Gasteiger partial charge in [-0.15, -0.1) is 0 Å². The van der Waals surface area contributed by atoms with Crippen LogP contribution in [0.25, 0.3) is 0 Å². The molecule has 2 heterocycles. The third-order valence-corrected chi connectivity index (χ3v) is 8.60. The van der Waals surface area contributed by atoms with Crippen molar-refractivity contribution in [3.63, 3.8) is 0 Å². The third-order valence-electron chi connectivity index (χ3n) is 6.69. The zero-order chi connectivity index (χ0) is 26.3. The number of nitrogens with zero attached hydrogens (tertiary/aromatic N) is 3. The Morgan fingerprint density at radius 3 is 2.08 bits per heavy atom. The van der Waals surface area contributed by atoms with Crippen LogP contribution in [0.4, 0.5) is 4.79 Å². The number of piperazine rings is 1. The number of aryl methyl sites for hydroxylation is 1. The molecule has 0 unspecified atom stereocenters. The second kappa shape index (κ2) is 9.47. The molecule has 2 aromatic carbocycles. The molecule has 2 saturated heterocycles. The van der Waals surface area contributed by atoms with Crippen LogP contribution in [0.15, 0.2) is 53.4 Å². The van der Waals surface area contributed by atoms with Gasteiger partial charge in [0.15, 0.2) is 5.78 Å². The summed E-state index contributed by atoms with van der Waals surface area (Å²) in [5, 5.41) is 2.69. The maximum Gasteiger partial charge on any atom is 0.325 e. The third kappa shape index (κ3) is 4.63. The van der Waals surface area contributed by atoms with Crippen LogP contribution in [0.5, 0.6) is 0 Å². The van der Waals surface area contributed by atoms with E-state index in [2.05, 4.69) is 5.32 Å². The quantitative estimate of drug-likeness (QED) is 0.462. The normalized spacial score (nSPS) is 21.0. The van der Waals surface area contributed by atoms with E-state index < -0.39 is 40.0 Å². The molecule has 0 aliphatic carbocycles. The molecule has 190 valence electrons. The minimum atomic E-state index is -3.79. The smallest absolute Gasteiger partial charge is 0.325 e. The number of nitrogens with one attached hydrogen (secondary N) is 1. The highest BCUT2D eigenvalue weighted by atomic mass is 32.2. The first-order valence-electron chi connectivity index (χ1n) is 11.5. The summed E-state index contributed by atoms with van der Waals surface area (Å²) >= 11 is 0. The second-order valence-corrected chi connectivity index (χ2v) is 11.1. The number of hydrogen-bond acceptors (Lipinski definition) is 6. The van der Waals surface area contributed by atoms with Crippen molar-refractivity contribution in [3.05, 3.63) is 65.2 Å². The molecule has 2 fully saturated rings. The molecular formula is C25H28N4O6S. The molecule has 4 amide bonds. The molecular weight excluding hydrogens is 484 g/mol. The summed E-state index contributed by atoms with van der Waals surface area (Å²) in [5.74, 6) is -1.11. The molecule has 0 saturated carbocycles. The zero-order valence-corrected chi connectivity index (χ0v) is 21.2. The van der Waals surface area contributed by atoms with Gasteiger partial charge in [-0.25, -0.2) is 13.2 Å². The number of carbonyl (C=O) groups excluding carboxylic acids is 4. The van der Waals surface area contributed by atoms with Crippen molar-refractivity contribution in [2.75, 3.05) is 32.7 Å². The number of amides is 4. The molecule has 1 atom stereocenters. The van der Waals surface area contributed by atoms with Gasteiger partial charge in [-0.1, -0.05) is 42.0 Å². The number of urea groups is 1. The lowest BCUT2D eigenvalue weighted by atomic mass is 9.91. The van der Waals surface area contributed by atoms with E-state index >= 15 is 0 Å². The molecule has 1 N–H and O–H groups in total. The fourth-order valence-electron chi connectivity index (χ4n) is 4.35. The number of carbonyl (C=O) groups is 4. The van der Waals surface area contributed by atoms with Crippen molar-refractivity contribution in [2.45, 2.75) is 31.2 Å². The molecule has 0 bridgehead atoms. The van der Waals surface area contributed by atoms with Gasteiger partial charge in [-0.05, 0) is 38.5 Å². The number of sulfonamides is 1. The maximum absolute atomic E-state index is 13.1. The van der Waals surface area contributed by atoms with Crippen LogP contribution in [0.3, 0.4) is 0 Å². The van der Waals surface area contributed by atoms with Crippen molar-refractivity contribution in [3.8, 4) is 0 Å². The van der Waals surface area contributed by atoms with E-state index in [1.165, 1.54) is 40.4 Å². The highest BCUT2D eigenvalue weighted by Crippen LogP contribution is 2.29. The van der Waals surface area contributed by atoms with Crippen molar-refractivity contribution in [1.29, 1.82) is 0 Å². The van der Waals surface area contributed by atoms with Gasteiger partial charge in [-0.2, -0.15) is 4.31 Å². The summed E-state index contributed by atoms with van der Waals surface area (Å²) < 4.78 is 27.2. The minimum absolute atomic E-state index is 0.0713. The van der Waals surface area contributed by atoms with Gasteiger partial charge in [-0.3, -0.25) is 19.3 Å². The lowest BCUT2D eigenvalue weighted by Crippen LogP contribution is -2.53. The minimum Gasteiger partial charge on any atom is -0.338 e. The number of imide groups is 1. The molecule has 11 heteroatoms. The Morgan fingerprint density at radius 2 is 1.53 bits per heavy atom. The average Bonchev–Trinajstić information content (AvgIpc) is 3.08. The van der Waals surface area contributed by atoms with Crippen LogP contribution in [-0.4, -0.2) is 78.9 Å². The van der Waals surface area contributed by atoms with E-state index in [0.29, 0.717) is 11.1 Å². The lowest BCUT2D eigenvalue weighted by molar-refractivity contribution is -0.139. The van der Waals surface area contributed by atoms with Gasteiger partial charge in [0.2, 0.25) is 15.9 Å². The van der Waals surface area contributed by atoms with E-state index in [1.54, 1.807) is 19.1 Å². The van der Waals surface area contributed by atoms with E-state index in [0.717, 1.165) is 10.5 Å². The van der Waals surface area contributed by atoms with E-state index in [9.17, 15) is 27.6 Å². The van der Waals surface area contributed by atoms with Gasteiger partial charge in [0, 0.05) is 31.7 Å².